The van der Waals surface area contributed by atoms with Gasteiger partial charge in [0.2, 0.25) is 5.76 Å². The summed E-state index contributed by atoms with van der Waals surface area (Å²) in [7, 11) is 2.81. The van der Waals surface area contributed by atoms with Gasteiger partial charge in [0.15, 0.2) is 0 Å². The Balaban J connectivity index is 2.38. The van der Waals surface area contributed by atoms with Crippen molar-refractivity contribution >= 4 is 18.0 Å². The van der Waals surface area contributed by atoms with Crippen molar-refractivity contribution in [1.82, 2.24) is 10.2 Å². The maximum Gasteiger partial charge on any atom is 0.371 e. The van der Waals surface area contributed by atoms with Gasteiger partial charge >= 0.3 is 18.0 Å². The highest BCUT2D eigenvalue weighted by atomic mass is 16.5. The Kier molecular flexibility index (Phi) is 5.57. The third kappa shape index (κ3) is 4.63. The SMILES string of the molecule is COC(=O)CCN(C)C(=O)NCc1ccc(C(=O)O)o1. The number of ether oxygens (including phenoxy) is 1. The summed E-state index contributed by atoms with van der Waals surface area (Å²) >= 11 is 0. The van der Waals surface area contributed by atoms with Gasteiger partial charge in [-0.2, -0.15) is 0 Å². The monoisotopic (exact) mass is 284 g/mol. The zero-order valence-corrected chi connectivity index (χ0v) is 11.2. The van der Waals surface area contributed by atoms with Gasteiger partial charge in [0, 0.05) is 13.6 Å². The van der Waals surface area contributed by atoms with Gasteiger partial charge in [-0.15, -0.1) is 0 Å². The molecule has 0 saturated carbocycles. The van der Waals surface area contributed by atoms with Crippen LogP contribution in [0.15, 0.2) is 16.5 Å². The molecule has 1 aromatic heterocycles. The Morgan fingerprint density at radius 1 is 1.40 bits per heavy atom. The minimum absolute atomic E-state index is 0.0642. The van der Waals surface area contributed by atoms with Crippen molar-refractivity contribution in [3.8, 4) is 0 Å². The van der Waals surface area contributed by atoms with Crippen LogP contribution in [0.2, 0.25) is 0 Å². The molecule has 0 saturated heterocycles. The molecule has 0 aliphatic carbocycles. The van der Waals surface area contributed by atoms with Crippen molar-refractivity contribution in [3.63, 3.8) is 0 Å². The second-order valence-electron chi connectivity index (χ2n) is 3.98. The van der Waals surface area contributed by atoms with Gasteiger partial charge < -0.3 is 24.5 Å². The van der Waals surface area contributed by atoms with E-state index in [0.29, 0.717) is 5.76 Å². The van der Waals surface area contributed by atoms with E-state index in [9.17, 15) is 14.4 Å². The minimum atomic E-state index is -1.17. The molecule has 1 rings (SSSR count). The summed E-state index contributed by atoms with van der Waals surface area (Å²) in [6.45, 7) is 0.283. The fraction of sp³-hybridized carbons (Fsp3) is 0.417. The number of furan rings is 1. The quantitative estimate of drug-likeness (QED) is 0.743. The number of nitrogens with zero attached hydrogens (tertiary/aromatic N) is 1. The molecule has 0 aliphatic rings. The van der Waals surface area contributed by atoms with Crippen molar-refractivity contribution in [2.75, 3.05) is 20.7 Å². The smallest absolute Gasteiger partial charge is 0.371 e. The summed E-state index contributed by atoms with van der Waals surface area (Å²) in [6, 6.07) is 2.38. The summed E-state index contributed by atoms with van der Waals surface area (Å²) in [5.41, 5.74) is 0. The lowest BCUT2D eigenvalue weighted by molar-refractivity contribution is -0.140. The molecular formula is C12H16N2O6. The third-order valence-corrected chi connectivity index (χ3v) is 2.51. The Morgan fingerprint density at radius 2 is 2.10 bits per heavy atom. The molecule has 0 fully saturated rings. The molecule has 0 aromatic carbocycles. The lowest BCUT2D eigenvalue weighted by atomic mass is 10.4. The molecule has 8 heteroatoms. The van der Waals surface area contributed by atoms with Crippen LogP contribution in [0.5, 0.6) is 0 Å². The molecule has 0 spiro atoms. The number of carboxylic acids is 1. The number of hydrogen-bond acceptors (Lipinski definition) is 5. The van der Waals surface area contributed by atoms with Crippen LogP contribution in [-0.2, 0) is 16.1 Å². The molecule has 0 bridgehead atoms. The first-order valence-electron chi connectivity index (χ1n) is 5.81. The van der Waals surface area contributed by atoms with E-state index in [4.69, 9.17) is 9.52 Å². The lowest BCUT2D eigenvalue weighted by Crippen LogP contribution is -2.38. The highest BCUT2D eigenvalue weighted by Crippen LogP contribution is 2.07. The molecule has 0 unspecified atom stereocenters. The largest absolute Gasteiger partial charge is 0.475 e. The lowest BCUT2D eigenvalue weighted by Gasteiger charge is -2.16. The minimum Gasteiger partial charge on any atom is -0.475 e. The number of amides is 2. The van der Waals surface area contributed by atoms with E-state index < -0.39 is 18.0 Å². The molecule has 1 aromatic rings. The molecule has 20 heavy (non-hydrogen) atoms. The van der Waals surface area contributed by atoms with Crippen molar-refractivity contribution in [1.29, 1.82) is 0 Å². The predicted octanol–water partition coefficient (Wildman–Crippen LogP) is 0.682. The second kappa shape index (κ2) is 7.17. The molecule has 0 radical (unpaired) electrons. The number of methoxy groups -OCH3 is 1. The fourth-order valence-corrected chi connectivity index (χ4v) is 1.35. The summed E-state index contributed by atoms with van der Waals surface area (Å²) in [5, 5.41) is 11.2. The number of rotatable bonds is 6. The maximum atomic E-state index is 11.7. The molecule has 0 aliphatic heterocycles. The first-order valence-corrected chi connectivity index (χ1v) is 5.81. The van der Waals surface area contributed by atoms with E-state index in [1.165, 1.54) is 31.2 Å². The zero-order valence-electron chi connectivity index (χ0n) is 11.2. The average molecular weight is 284 g/mol. The van der Waals surface area contributed by atoms with Crippen LogP contribution in [0, 0.1) is 0 Å². The number of nitrogens with one attached hydrogen (secondary N) is 1. The Labute approximate surface area is 115 Å². The Bertz CT molecular complexity index is 496. The van der Waals surface area contributed by atoms with E-state index in [1.54, 1.807) is 0 Å². The van der Waals surface area contributed by atoms with Crippen LogP contribution in [0.4, 0.5) is 4.79 Å². The van der Waals surface area contributed by atoms with Gasteiger partial charge in [0.25, 0.3) is 0 Å². The number of hydrogen-bond donors (Lipinski definition) is 2. The van der Waals surface area contributed by atoms with Crippen molar-refractivity contribution in [3.05, 3.63) is 23.7 Å². The van der Waals surface area contributed by atoms with E-state index in [-0.39, 0.29) is 25.3 Å². The van der Waals surface area contributed by atoms with Crippen LogP contribution in [-0.4, -0.2) is 48.7 Å². The molecular weight excluding hydrogens is 268 g/mol. The van der Waals surface area contributed by atoms with E-state index in [2.05, 4.69) is 10.1 Å². The van der Waals surface area contributed by atoms with Crippen molar-refractivity contribution < 1.29 is 28.6 Å². The number of carbonyl (C=O) groups excluding carboxylic acids is 2. The molecule has 1 heterocycles. The van der Waals surface area contributed by atoms with Gasteiger partial charge in [-0.05, 0) is 12.1 Å². The molecule has 0 atom stereocenters. The van der Waals surface area contributed by atoms with Crippen LogP contribution < -0.4 is 5.32 Å². The summed E-state index contributed by atoms with van der Waals surface area (Å²) in [6.07, 6.45) is 0.102. The Hall–Kier alpha value is -2.51. The normalized spacial score (nSPS) is 9.90. The number of aromatic carboxylic acids is 1. The fourth-order valence-electron chi connectivity index (χ4n) is 1.35. The van der Waals surface area contributed by atoms with Gasteiger partial charge in [-0.1, -0.05) is 0 Å². The van der Waals surface area contributed by atoms with Crippen LogP contribution in [0.3, 0.4) is 0 Å². The van der Waals surface area contributed by atoms with Gasteiger partial charge in [0.05, 0.1) is 20.1 Å². The maximum absolute atomic E-state index is 11.7. The summed E-state index contributed by atoms with van der Waals surface area (Å²) in [4.78, 5) is 34.5. The second-order valence-corrected chi connectivity index (χ2v) is 3.98. The number of urea groups is 1. The predicted molar refractivity (Wildman–Crippen MR) is 67.2 cm³/mol. The topological polar surface area (TPSA) is 109 Å². The Morgan fingerprint density at radius 3 is 2.65 bits per heavy atom. The summed E-state index contributed by atoms with van der Waals surface area (Å²) in [5.74, 6) is -1.43. The van der Waals surface area contributed by atoms with E-state index >= 15 is 0 Å². The van der Waals surface area contributed by atoms with Crippen LogP contribution >= 0.6 is 0 Å². The third-order valence-electron chi connectivity index (χ3n) is 2.51. The molecule has 8 nitrogen and oxygen atoms in total. The highest BCUT2D eigenvalue weighted by Gasteiger charge is 2.12. The first kappa shape index (κ1) is 15.5. The van der Waals surface area contributed by atoms with E-state index in [0.717, 1.165) is 0 Å². The van der Waals surface area contributed by atoms with Crippen LogP contribution in [0.1, 0.15) is 22.7 Å². The standard InChI is InChI=1S/C12H16N2O6/c1-14(6-5-10(15)19-2)12(18)13-7-8-3-4-9(20-8)11(16)17/h3-4H,5-7H2,1-2H3,(H,13,18)(H,16,17). The van der Waals surface area contributed by atoms with Gasteiger partial charge in [-0.3, -0.25) is 4.79 Å². The van der Waals surface area contributed by atoms with Crippen molar-refractivity contribution in [2.45, 2.75) is 13.0 Å². The van der Waals surface area contributed by atoms with Crippen LogP contribution in [0.25, 0.3) is 0 Å². The number of carbonyl (C=O) groups is 3. The van der Waals surface area contributed by atoms with Crippen molar-refractivity contribution in [2.24, 2.45) is 0 Å². The zero-order chi connectivity index (χ0) is 15.1. The average Bonchev–Trinajstić information content (AvgIpc) is 2.90. The number of esters is 1. The van der Waals surface area contributed by atoms with E-state index in [1.807, 2.05) is 0 Å². The number of carboxylic acid groups (broad SMARTS) is 1. The van der Waals surface area contributed by atoms with Gasteiger partial charge in [0.1, 0.15) is 5.76 Å². The first-order chi connectivity index (χ1) is 9.43. The highest BCUT2D eigenvalue weighted by molar-refractivity contribution is 5.84. The van der Waals surface area contributed by atoms with Gasteiger partial charge in [-0.25, -0.2) is 9.59 Å². The molecule has 2 N–H and O–H groups in total. The molecule has 2 amide bonds. The summed E-state index contributed by atoms with van der Waals surface area (Å²) < 4.78 is 9.45. The molecule has 110 valence electrons.